The van der Waals surface area contributed by atoms with Gasteiger partial charge in [0.15, 0.2) is 0 Å². The van der Waals surface area contributed by atoms with Gasteiger partial charge in [-0.2, -0.15) is 0 Å². The summed E-state index contributed by atoms with van der Waals surface area (Å²) in [4.78, 5) is 0. The van der Waals surface area contributed by atoms with Crippen molar-refractivity contribution in [3.8, 4) is 0 Å². The number of hydrogen-bond acceptors (Lipinski definition) is 1. The molecule has 72 valence electrons. The molecule has 0 fully saturated rings. The maximum Gasteiger partial charge on any atom is 0.126 e. The highest BCUT2D eigenvalue weighted by molar-refractivity contribution is 5.21. The molecule has 0 saturated carbocycles. The van der Waals surface area contributed by atoms with Gasteiger partial charge < -0.3 is 5.11 Å². The Balaban J connectivity index is 2.88. The number of aliphatic hydroxyl groups excluding tert-OH is 1. The Labute approximate surface area is 78.2 Å². The molecule has 1 aromatic rings. The first-order valence-corrected chi connectivity index (χ1v) is 4.59. The molecule has 0 heterocycles. The Morgan fingerprint density at radius 3 is 2.54 bits per heavy atom. The standard InChI is InChI=1S/C11H15FO/c1-3-11(13)8(2)9-6-4-5-7-10(9)12/h4-8,11,13H,3H2,1-2H3. The zero-order valence-electron chi connectivity index (χ0n) is 8.00. The Morgan fingerprint density at radius 2 is 2.00 bits per heavy atom. The maximum absolute atomic E-state index is 13.2. The minimum atomic E-state index is -0.461. The minimum absolute atomic E-state index is 0.133. The number of rotatable bonds is 3. The average molecular weight is 182 g/mol. The van der Waals surface area contributed by atoms with Gasteiger partial charge in [0.2, 0.25) is 0 Å². The minimum Gasteiger partial charge on any atom is -0.393 e. The summed E-state index contributed by atoms with van der Waals surface area (Å²) in [5, 5.41) is 9.54. The third-order valence-corrected chi connectivity index (χ3v) is 2.39. The Bertz CT molecular complexity index is 273. The zero-order valence-corrected chi connectivity index (χ0v) is 8.00. The largest absolute Gasteiger partial charge is 0.393 e. The monoisotopic (exact) mass is 182 g/mol. The Morgan fingerprint density at radius 1 is 1.38 bits per heavy atom. The van der Waals surface area contributed by atoms with E-state index in [9.17, 15) is 9.50 Å². The van der Waals surface area contributed by atoms with Gasteiger partial charge in [-0.3, -0.25) is 0 Å². The SMILES string of the molecule is CCC(O)C(C)c1ccccc1F. The summed E-state index contributed by atoms with van der Waals surface area (Å²) in [5.41, 5.74) is 0.594. The van der Waals surface area contributed by atoms with Gasteiger partial charge in [0.05, 0.1) is 6.10 Å². The molecular formula is C11H15FO. The van der Waals surface area contributed by atoms with Crippen LogP contribution >= 0.6 is 0 Å². The van der Waals surface area contributed by atoms with E-state index >= 15 is 0 Å². The third kappa shape index (κ3) is 2.28. The number of halogens is 1. The van der Waals surface area contributed by atoms with Crippen molar-refractivity contribution in [2.24, 2.45) is 0 Å². The smallest absolute Gasteiger partial charge is 0.126 e. The highest BCUT2D eigenvalue weighted by Crippen LogP contribution is 2.23. The highest BCUT2D eigenvalue weighted by Gasteiger charge is 2.16. The summed E-state index contributed by atoms with van der Waals surface area (Å²) in [5.74, 6) is -0.367. The van der Waals surface area contributed by atoms with Crippen molar-refractivity contribution in [2.75, 3.05) is 0 Å². The highest BCUT2D eigenvalue weighted by atomic mass is 19.1. The second-order valence-corrected chi connectivity index (χ2v) is 3.29. The molecule has 2 heteroatoms. The van der Waals surface area contributed by atoms with Crippen LogP contribution in [0, 0.1) is 5.82 Å². The van der Waals surface area contributed by atoms with Crippen molar-refractivity contribution in [3.05, 3.63) is 35.6 Å². The molecule has 0 bridgehead atoms. The van der Waals surface area contributed by atoms with Crippen LogP contribution in [0.1, 0.15) is 31.7 Å². The average Bonchev–Trinajstić information content (AvgIpc) is 2.16. The maximum atomic E-state index is 13.2. The van der Waals surface area contributed by atoms with Crippen LogP contribution in [0.3, 0.4) is 0 Å². The van der Waals surface area contributed by atoms with E-state index in [1.54, 1.807) is 18.2 Å². The van der Waals surface area contributed by atoms with Crippen LogP contribution < -0.4 is 0 Å². The summed E-state index contributed by atoms with van der Waals surface area (Å²) in [6.45, 7) is 3.73. The van der Waals surface area contributed by atoms with Crippen LogP contribution in [0.5, 0.6) is 0 Å². The summed E-state index contributed by atoms with van der Waals surface area (Å²) in [6, 6.07) is 6.59. The molecule has 1 rings (SSSR count). The fourth-order valence-electron chi connectivity index (χ4n) is 1.41. The molecule has 13 heavy (non-hydrogen) atoms. The van der Waals surface area contributed by atoms with Crippen LogP contribution in [0.2, 0.25) is 0 Å². The molecule has 0 spiro atoms. The van der Waals surface area contributed by atoms with Gasteiger partial charge in [0.25, 0.3) is 0 Å². The first-order chi connectivity index (χ1) is 6.16. The van der Waals surface area contributed by atoms with Crippen LogP contribution in [0.15, 0.2) is 24.3 Å². The summed E-state index contributed by atoms with van der Waals surface area (Å²) in [6.07, 6.45) is 0.187. The second-order valence-electron chi connectivity index (χ2n) is 3.29. The molecule has 0 aromatic heterocycles. The zero-order chi connectivity index (χ0) is 9.84. The van der Waals surface area contributed by atoms with Gasteiger partial charge in [-0.15, -0.1) is 0 Å². The Hall–Kier alpha value is -0.890. The second kappa shape index (κ2) is 4.38. The predicted octanol–water partition coefficient (Wildman–Crippen LogP) is 2.70. The van der Waals surface area contributed by atoms with E-state index in [0.717, 1.165) is 0 Å². The predicted molar refractivity (Wildman–Crippen MR) is 51.1 cm³/mol. The van der Waals surface area contributed by atoms with E-state index in [0.29, 0.717) is 12.0 Å². The third-order valence-electron chi connectivity index (χ3n) is 2.39. The quantitative estimate of drug-likeness (QED) is 0.762. The first-order valence-electron chi connectivity index (χ1n) is 4.59. The normalized spacial score (nSPS) is 15.4. The van der Waals surface area contributed by atoms with Gasteiger partial charge in [-0.25, -0.2) is 4.39 Å². The lowest BCUT2D eigenvalue weighted by Crippen LogP contribution is -2.15. The fraction of sp³-hybridized carbons (Fsp3) is 0.455. The molecule has 1 N–H and O–H groups in total. The molecule has 2 unspecified atom stereocenters. The topological polar surface area (TPSA) is 20.2 Å². The summed E-state index contributed by atoms with van der Waals surface area (Å²) in [7, 11) is 0. The van der Waals surface area contributed by atoms with Crippen molar-refractivity contribution in [2.45, 2.75) is 32.3 Å². The molecule has 0 saturated heterocycles. The molecule has 1 aromatic carbocycles. The number of aliphatic hydroxyl groups is 1. The van der Waals surface area contributed by atoms with Crippen molar-refractivity contribution >= 4 is 0 Å². The van der Waals surface area contributed by atoms with E-state index < -0.39 is 6.10 Å². The fourth-order valence-corrected chi connectivity index (χ4v) is 1.41. The molecule has 2 atom stereocenters. The molecular weight excluding hydrogens is 167 g/mol. The van der Waals surface area contributed by atoms with E-state index in [4.69, 9.17) is 0 Å². The molecule has 0 radical (unpaired) electrons. The van der Waals surface area contributed by atoms with E-state index in [1.807, 2.05) is 13.8 Å². The Kier molecular flexibility index (Phi) is 3.43. The number of benzene rings is 1. The van der Waals surface area contributed by atoms with Gasteiger partial charge >= 0.3 is 0 Å². The molecule has 0 aliphatic rings. The lowest BCUT2D eigenvalue weighted by Gasteiger charge is -2.17. The lowest BCUT2D eigenvalue weighted by atomic mass is 9.93. The van der Waals surface area contributed by atoms with Crippen LogP contribution in [-0.2, 0) is 0 Å². The molecule has 0 aliphatic heterocycles. The van der Waals surface area contributed by atoms with Gasteiger partial charge in [-0.05, 0) is 18.1 Å². The van der Waals surface area contributed by atoms with Crippen molar-refractivity contribution < 1.29 is 9.50 Å². The van der Waals surface area contributed by atoms with Crippen LogP contribution in [0.25, 0.3) is 0 Å². The van der Waals surface area contributed by atoms with Crippen molar-refractivity contribution in [3.63, 3.8) is 0 Å². The van der Waals surface area contributed by atoms with Crippen LogP contribution in [0.4, 0.5) is 4.39 Å². The van der Waals surface area contributed by atoms with Crippen molar-refractivity contribution in [1.29, 1.82) is 0 Å². The van der Waals surface area contributed by atoms with Gasteiger partial charge in [0, 0.05) is 5.92 Å². The molecule has 0 amide bonds. The van der Waals surface area contributed by atoms with Crippen molar-refractivity contribution in [1.82, 2.24) is 0 Å². The number of hydrogen-bond donors (Lipinski definition) is 1. The van der Waals surface area contributed by atoms with E-state index in [2.05, 4.69) is 0 Å². The van der Waals surface area contributed by atoms with Gasteiger partial charge in [0.1, 0.15) is 5.82 Å². The molecule has 1 nitrogen and oxygen atoms in total. The van der Waals surface area contributed by atoms with E-state index in [-0.39, 0.29) is 11.7 Å². The van der Waals surface area contributed by atoms with Crippen LogP contribution in [-0.4, -0.2) is 11.2 Å². The first kappa shape index (κ1) is 10.2. The van der Waals surface area contributed by atoms with Gasteiger partial charge in [-0.1, -0.05) is 32.0 Å². The summed E-state index contributed by atoms with van der Waals surface area (Å²) < 4.78 is 13.2. The summed E-state index contributed by atoms with van der Waals surface area (Å²) >= 11 is 0. The lowest BCUT2D eigenvalue weighted by molar-refractivity contribution is 0.143. The van der Waals surface area contributed by atoms with E-state index in [1.165, 1.54) is 6.07 Å². The molecule has 0 aliphatic carbocycles.